The Hall–Kier alpha value is -1.65. The molecule has 0 N–H and O–H groups in total. The number of piperazine rings is 1. The molecule has 162 valence electrons. The molecule has 1 atom stereocenters. The maximum absolute atomic E-state index is 12.8. The van der Waals surface area contributed by atoms with Gasteiger partial charge in [0.1, 0.15) is 15.2 Å². The highest BCUT2D eigenvalue weighted by Crippen LogP contribution is 2.32. The Morgan fingerprint density at radius 1 is 1.10 bits per heavy atom. The standard InChI is InChI=1S/C20H24BrN3O4S2/c1-20(2,3)28-18(27)22-8-10-23(11-9-22)19(29)30-15-12-16(25)24(17(15)26)14-6-4-13(21)5-7-14/h4-7,15H,8-12H2,1-3H3/t15-/m1/s1. The topological polar surface area (TPSA) is 70.2 Å². The molecule has 0 saturated carbocycles. The van der Waals surface area contributed by atoms with Crippen LogP contribution in [0.4, 0.5) is 10.5 Å². The number of carbonyl (C=O) groups excluding carboxylic acids is 3. The molecule has 1 aromatic rings. The molecule has 2 aliphatic rings. The van der Waals surface area contributed by atoms with Crippen molar-refractivity contribution < 1.29 is 19.1 Å². The number of ether oxygens (including phenoxy) is 1. The summed E-state index contributed by atoms with van der Waals surface area (Å²) in [6.45, 7) is 7.64. The number of rotatable bonds is 2. The van der Waals surface area contributed by atoms with Crippen molar-refractivity contribution in [2.45, 2.75) is 38.0 Å². The van der Waals surface area contributed by atoms with Crippen LogP contribution in [0.1, 0.15) is 27.2 Å². The number of thiocarbonyl (C=S) groups is 1. The molecule has 2 heterocycles. The van der Waals surface area contributed by atoms with Gasteiger partial charge in [0.2, 0.25) is 11.8 Å². The van der Waals surface area contributed by atoms with Crippen molar-refractivity contribution in [3.63, 3.8) is 0 Å². The van der Waals surface area contributed by atoms with Crippen LogP contribution in [-0.4, -0.2) is 69.1 Å². The van der Waals surface area contributed by atoms with Crippen LogP contribution in [-0.2, 0) is 14.3 Å². The zero-order valence-electron chi connectivity index (χ0n) is 17.1. The van der Waals surface area contributed by atoms with Gasteiger partial charge < -0.3 is 14.5 Å². The number of hydrogen-bond donors (Lipinski definition) is 0. The minimum atomic E-state index is -0.532. The average Bonchev–Trinajstić information content (AvgIpc) is 2.94. The number of thioether (sulfide) groups is 1. The van der Waals surface area contributed by atoms with E-state index in [1.165, 1.54) is 16.7 Å². The summed E-state index contributed by atoms with van der Waals surface area (Å²) in [5.74, 6) is -0.473. The molecule has 0 spiro atoms. The first-order valence-corrected chi connectivity index (χ1v) is 11.7. The van der Waals surface area contributed by atoms with E-state index in [0.29, 0.717) is 36.2 Å². The fraction of sp³-hybridized carbons (Fsp3) is 0.500. The van der Waals surface area contributed by atoms with Crippen molar-refractivity contribution in [3.05, 3.63) is 28.7 Å². The number of nitrogens with zero attached hydrogens (tertiary/aromatic N) is 3. The van der Waals surface area contributed by atoms with Crippen molar-refractivity contribution in [2.24, 2.45) is 0 Å². The van der Waals surface area contributed by atoms with Crippen molar-refractivity contribution >= 4 is 67.8 Å². The van der Waals surface area contributed by atoms with E-state index in [1.807, 2.05) is 25.7 Å². The first-order valence-electron chi connectivity index (χ1n) is 9.61. The summed E-state index contributed by atoms with van der Waals surface area (Å²) in [5, 5.41) is -0.530. The van der Waals surface area contributed by atoms with Gasteiger partial charge >= 0.3 is 6.09 Å². The molecule has 2 fully saturated rings. The number of halogens is 1. The minimum absolute atomic E-state index is 0.123. The van der Waals surface area contributed by atoms with E-state index in [1.54, 1.807) is 29.2 Å². The molecule has 10 heteroatoms. The van der Waals surface area contributed by atoms with Crippen LogP contribution >= 0.6 is 39.9 Å². The second-order valence-corrected chi connectivity index (χ2v) is 10.8. The monoisotopic (exact) mass is 513 g/mol. The lowest BCUT2D eigenvalue weighted by Gasteiger charge is -2.36. The van der Waals surface area contributed by atoms with Gasteiger partial charge in [0.15, 0.2) is 0 Å². The van der Waals surface area contributed by atoms with Gasteiger partial charge in [-0.15, -0.1) is 0 Å². The highest BCUT2D eigenvalue weighted by atomic mass is 79.9. The molecule has 0 aromatic heterocycles. The first kappa shape index (κ1) is 23.0. The van der Waals surface area contributed by atoms with Crippen LogP contribution in [0.5, 0.6) is 0 Å². The maximum Gasteiger partial charge on any atom is 0.410 e. The van der Waals surface area contributed by atoms with Gasteiger partial charge in [-0.1, -0.05) is 39.9 Å². The second-order valence-electron chi connectivity index (χ2n) is 8.07. The predicted molar refractivity (Wildman–Crippen MR) is 125 cm³/mol. The fourth-order valence-corrected chi connectivity index (χ4v) is 4.95. The minimum Gasteiger partial charge on any atom is -0.444 e. The summed E-state index contributed by atoms with van der Waals surface area (Å²) in [7, 11) is 0. The fourth-order valence-electron chi connectivity index (χ4n) is 3.15. The summed E-state index contributed by atoms with van der Waals surface area (Å²) in [6.07, 6.45) is -0.208. The third kappa shape index (κ3) is 5.53. The molecular formula is C20H24BrN3O4S2. The molecule has 0 aliphatic carbocycles. The third-order valence-corrected chi connectivity index (χ3v) is 6.81. The molecule has 1 aromatic carbocycles. The zero-order chi connectivity index (χ0) is 22.1. The smallest absolute Gasteiger partial charge is 0.410 e. The normalized spacial score (nSPS) is 20.0. The lowest BCUT2D eigenvalue weighted by molar-refractivity contribution is -0.121. The van der Waals surface area contributed by atoms with Crippen molar-refractivity contribution in [1.82, 2.24) is 9.80 Å². The quantitative estimate of drug-likeness (QED) is 0.441. The van der Waals surface area contributed by atoms with Crippen LogP contribution in [0, 0.1) is 0 Å². The van der Waals surface area contributed by atoms with Gasteiger partial charge in [-0.3, -0.25) is 9.59 Å². The van der Waals surface area contributed by atoms with E-state index in [2.05, 4.69) is 15.9 Å². The SMILES string of the molecule is CC(C)(C)OC(=O)N1CCN(C(=S)S[C@@H]2CC(=O)N(c3ccc(Br)cc3)C2=O)CC1. The molecule has 2 saturated heterocycles. The van der Waals surface area contributed by atoms with E-state index in [9.17, 15) is 14.4 Å². The number of benzene rings is 1. The molecule has 0 bridgehead atoms. The Morgan fingerprint density at radius 2 is 1.67 bits per heavy atom. The Labute approximate surface area is 194 Å². The maximum atomic E-state index is 12.8. The van der Waals surface area contributed by atoms with Crippen LogP contribution in [0.25, 0.3) is 0 Å². The molecular weight excluding hydrogens is 490 g/mol. The van der Waals surface area contributed by atoms with E-state index in [-0.39, 0.29) is 24.3 Å². The number of carbonyl (C=O) groups is 3. The average molecular weight is 514 g/mol. The van der Waals surface area contributed by atoms with E-state index < -0.39 is 10.9 Å². The lowest BCUT2D eigenvalue weighted by atomic mass is 10.2. The van der Waals surface area contributed by atoms with Gasteiger partial charge in [-0.2, -0.15) is 0 Å². The van der Waals surface area contributed by atoms with Gasteiger partial charge in [0.25, 0.3) is 0 Å². The van der Waals surface area contributed by atoms with Crippen LogP contribution < -0.4 is 4.90 Å². The summed E-state index contributed by atoms with van der Waals surface area (Å²) in [4.78, 5) is 42.3. The van der Waals surface area contributed by atoms with Gasteiger partial charge in [0.05, 0.1) is 5.69 Å². The van der Waals surface area contributed by atoms with Gasteiger partial charge in [0, 0.05) is 37.1 Å². The van der Waals surface area contributed by atoms with Crippen molar-refractivity contribution in [3.8, 4) is 0 Å². The predicted octanol–water partition coefficient (Wildman–Crippen LogP) is 3.65. The van der Waals surface area contributed by atoms with Crippen LogP contribution in [0.2, 0.25) is 0 Å². The molecule has 30 heavy (non-hydrogen) atoms. The highest BCUT2D eigenvalue weighted by molar-refractivity contribution is 9.10. The Kier molecular flexibility index (Phi) is 7.09. The van der Waals surface area contributed by atoms with Crippen molar-refractivity contribution in [2.75, 3.05) is 31.1 Å². The number of imide groups is 1. The zero-order valence-corrected chi connectivity index (χ0v) is 20.3. The Bertz CT molecular complexity index is 849. The highest BCUT2D eigenvalue weighted by Gasteiger charge is 2.41. The number of amides is 3. The van der Waals surface area contributed by atoms with E-state index in [4.69, 9.17) is 17.0 Å². The molecule has 0 unspecified atom stereocenters. The molecule has 7 nitrogen and oxygen atoms in total. The van der Waals surface area contributed by atoms with E-state index >= 15 is 0 Å². The Balaban J connectivity index is 1.54. The Morgan fingerprint density at radius 3 is 2.23 bits per heavy atom. The molecule has 3 amide bonds. The van der Waals surface area contributed by atoms with Gasteiger partial charge in [-0.25, -0.2) is 9.69 Å². The first-order chi connectivity index (χ1) is 14.0. The summed E-state index contributed by atoms with van der Waals surface area (Å²) < 4.78 is 6.86. The summed E-state index contributed by atoms with van der Waals surface area (Å²) >= 11 is 10.1. The van der Waals surface area contributed by atoms with Crippen LogP contribution in [0.15, 0.2) is 28.7 Å². The molecule has 3 rings (SSSR count). The largest absolute Gasteiger partial charge is 0.444 e. The van der Waals surface area contributed by atoms with Crippen LogP contribution in [0.3, 0.4) is 0 Å². The second kappa shape index (κ2) is 9.23. The van der Waals surface area contributed by atoms with Crippen molar-refractivity contribution in [1.29, 1.82) is 0 Å². The molecule has 2 aliphatic heterocycles. The number of hydrogen-bond acceptors (Lipinski definition) is 6. The summed E-state index contributed by atoms with van der Waals surface area (Å²) in [6, 6.07) is 7.07. The lowest BCUT2D eigenvalue weighted by Crippen LogP contribution is -2.51. The molecule has 0 radical (unpaired) electrons. The number of anilines is 1. The third-order valence-electron chi connectivity index (χ3n) is 4.62. The van der Waals surface area contributed by atoms with Gasteiger partial charge in [-0.05, 0) is 45.0 Å². The van der Waals surface area contributed by atoms with E-state index in [0.717, 1.165) is 4.47 Å². The summed E-state index contributed by atoms with van der Waals surface area (Å²) in [5.41, 5.74) is 0.0309.